The fourth-order valence-electron chi connectivity index (χ4n) is 0.615. The minimum atomic E-state index is 0. The van der Waals surface area contributed by atoms with E-state index in [1.807, 2.05) is 13.0 Å². The van der Waals surface area contributed by atoms with Gasteiger partial charge in [-0.25, -0.2) is 0 Å². The Morgan fingerprint density at radius 3 is 2.33 bits per heavy atom. The summed E-state index contributed by atoms with van der Waals surface area (Å²) in [5.41, 5.74) is 1.03. The van der Waals surface area contributed by atoms with Crippen molar-refractivity contribution >= 4 is 0 Å². The van der Waals surface area contributed by atoms with Crippen molar-refractivity contribution in [1.29, 1.82) is 0 Å². The predicted octanol–water partition coefficient (Wildman–Crippen LogP) is -1.93. The predicted molar refractivity (Wildman–Crippen MR) is 30.6 cm³/mol. The Kier molecular flexibility index (Phi) is 3.45. The second-order valence-electron chi connectivity index (χ2n) is 1.82. The molecule has 0 aliphatic heterocycles. The first-order chi connectivity index (χ1) is 3.79. The largest absolute Gasteiger partial charge is 1.00 e. The van der Waals surface area contributed by atoms with E-state index in [1.165, 1.54) is 0 Å². The normalized spacial score (nSPS) is 8.11. The molecule has 0 saturated heterocycles. The van der Waals surface area contributed by atoms with Gasteiger partial charge >= 0.3 is 18.9 Å². The van der Waals surface area contributed by atoms with Gasteiger partial charge in [-0.1, -0.05) is 29.8 Å². The molecule has 1 nitrogen and oxygen atoms in total. The first-order valence-electron chi connectivity index (χ1n) is 2.53. The molecular weight excluding hydrogens is 107 g/mol. The van der Waals surface area contributed by atoms with Crippen LogP contribution >= 0.6 is 0 Å². The molecule has 0 atom stereocenters. The van der Waals surface area contributed by atoms with E-state index in [0.717, 1.165) is 5.56 Å². The number of hydrogen-bond acceptors (Lipinski definition) is 1. The van der Waals surface area contributed by atoms with Gasteiger partial charge in [0.25, 0.3) is 0 Å². The standard InChI is InChI=1S/C7H8O.Li/c1-6-3-2-4-7(8)5-6;/h2-5,8H,1H3;/q;+1/p-1. The topological polar surface area (TPSA) is 23.1 Å². The van der Waals surface area contributed by atoms with E-state index < -0.39 is 0 Å². The summed E-state index contributed by atoms with van der Waals surface area (Å²) < 4.78 is 0. The van der Waals surface area contributed by atoms with Crippen LogP contribution in [0.25, 0.3) is 0 Å². The van der Waals surface area contributed by atoms with Crippen LogP contribution in [-0.2, 0) is 0 Å². The van der Waals surface area contributed by atoms with Gasteiger partial charge in [0.1, 0.15) is 0 Å². The van der Waals surface area contributed by atoms with E-state index >= 15 is 0 Å². The molecule has 1 rings (SSSR count). The minimum absolute atomic E-state index is 0. The Hall–Kier alpha value is -0.383. The van der Waals surface area contributed by atoms with Crippen molar-refractivity contribution in [1.82, 2.24) is 0 Å². The number of aryl methyl sites for hydroxylation is 1. The molecule has 0 heterocycles. The SMILES string of the molecule is Cc1cccc([O-])c1.[Li+]. The Labute approximate surface area is 66.9 Å². The molecule has 0 bridgehead atoms. The summed E-state index contributed by atoms with van der Waals surface area (Å²) in [5, 5.41) is 10.5. The first kappa shape index (κ1) is 8.62. The van der Waals surface area contributed by atoms with Crippen LogP contribution in [0.4, 0.5) is 0 Å². The zero-order valence-corrected chi connectivity index (χ0v) is 5.72. The maximum atomic E-state index is 10.5. The van der Waals surface area contributed by atoms with E-state index in [-0.39, 0.29) is 24.6 Å². The zero-order valence-electron chi connectivity index (χ0n) is 5.72. The second kappa shape index (κ2) is 3.61. The molecule has 0 fully saturated rings. The summed E-state index contributed by atoms with van der Waals surface area (Å²) in [5.74, 6) is 0.0880. The molecule has 0 aromatic heterocycles. The first-order valence-corrected chi connectivity index (χ1v) is 2.53. The van der Waals surface area contributed by atoms with E-state index in [4.69, 9.17) is 0 Å². The molecule has 0 amide bonds. The van der Waals surface area contributed by atoms with Gasteiger partial charge in [-0.2, -0.15) is 0 Å². The van der Waals surface area contributed by atoms with E-state index in [9.17, 15) is 5.11 Å². The number of hydrogen-bond donors (Lipinski definition) is 0. The Morgan fingerprint density at radius 2 is 2.00 bits per heavy atom. The van der Waals surface area contributed by atoms with Crippen LogP contribution in [0.1, 0.15) is 5.56 Å². The Bertz CT molecular complexity index is 169. The molecule has 0 saturated carbocycles. The minimum Gasteiger partial charge on any atom is -0.872 e. The van der Waals surface area contributed by atoms with Crippen molar-refractivity contribution in [3.05, 3.63) is 29.8 Å². The molecule has 0 radical (unpaired) electrons. The fraction of sp³-hybridized carbons (Fsp3) is 0.143. The molecular formula is C7H7LiO. The molecule has 0 spiro atoms. The fourth-order valence-corrected chi connectivity index (χ4v) is 0.615. The van der Waals surface area contributed by atoms with Gasteiger partial charge in [-0.05, 0) is 6.92 Å². The Morgan fingerprint density at radius 1 is 1.33 bits per heavy atom. The quantitative estimate of drug-likeness (QED) is 0.360. The van der Waals surface area contributed by atoms with Crippen molar-refractivity contribution in [2.75, 3.05) is 0 Å². The van der Waals surface area contributed by atoms with Gasteiger partial charge in [0.2, 0.25) is 0 Å². The zero-order chi connectivity index (χ0) is 5.98. The summed E-state index contributed by atoms with van der Waals surface area (Å²) in [7, 11) is 0. The van der Waals surface area contributed by atoms with E-state index in [0.29, 0.717) is 0 Å². The van der Waals surface area contributed by atoms with Crippen LogP contribution in [-0.4, -0.2) is 0 Å². The summed E-state index contributed by atoms with van der Waals surface area (Å²) >= 11 is 0. The summed E-state index contributed by atoms with van der Waals surface area (Å²) in [4.78, 5) is 0. The molecule has 0 aliphatic carbocycles. The van der Waals surface area contributed by atoms with Gasteiger partial charge in [0.05, 0.1) is 0 Å². The molecule has 2 heteroatoms. The van der Waals surface area contributed by atoms with Crippen LogP contribution in [0.15, 0.2) is 24.3 Å². The third-order valence-corrected chi connectivity index (χ3v) is 0.990. The van der Waals surface area contributed by atoms with Gasteiger partial charge in [0.15, 0.2) is 0 Å². The molecule has 1 aromatic carbocycles. The second-order valence-corrected chi connectivity index (χ2v) is 1.82. The Balaban J connectivity index is 0.000000640. The molecule has 0 aliphatic rings. The van der Waals surface area contributed by atoms with Gasteiger partial charge in [-0.15, -0.1) is 5.75 Å². The summed E-state index contributed by atoms with van der Waals surface area (Å²) in [6.07, 6.45) is 0. The average molecular weight is 114 g/mol. The monoisotopic (exact) mass is 114 g/mol. The maximum Gasteiger partial charge on any atom is 1.00 e. The molecule has 9 heavy (non-hydrogen) atoms. The third kappa shape index (κ3) is 2.60. The van der Waals surface area contributed by atoms with E-state index in [2.05, 4.69) is 0 Å². The summed E-state index contributed by atoms with van der Waals surface area (Å²) in [6.45, 7) is 1.90. The van der Waals surface area contributed by atoms with E-state index in [1.54, 1.807) is 18.2 Å². The van der Waals surface area contributed by atoms with Crippen molar-refractivity contribution in [2.24, 2.45) is 0 Å². The van der Waals surface area contributed by atoms with Gasteiger partial charge in [-0.3, -0.25) is 0 Å². The van der Waals surface area contributed by atoms with Crippen molar-refractivity contribution in [3.8, 4) is 5.75 Å². The van der Waals surface area contributed by atoms with Crippen LogP contribution in [0.3, 0.4) is 0 Å². The smallest absolute Gasteiger partial charge is 0.872 e. The summed E-state index contributed by atoms with van der Waals surface area (Å²) in [6, 6.07) is 6.83. The molecule has 1 aromatic rings. The van der Waals surface area contributed by atoms with Crippen LogP contribution in [0.5, 0.6) is 5.75 Å². The average Bonchev–Trinajstić information content (AvgIpc) is 1.64. The third-order valence-electron chi connectivity index (χ3n) is 0.990. The molecule has 0 unspecified atom stereocenters. The molecule has 42 valence electrons. The van der Waals surface area contributed by atoms with Crippen molar-refractivity contribution < 1.29 is 24.0 Å². The van der Waals surface area contributed by atoms with Crippen LogP contribution in [0, 0.1) is 6.92 Å². The van der Waals surface area contributed by atoms with Crippen molar-refractivity contribution in [2.45, 2.75) is 6.92 Å². The number of rotatable bonds is 0. The van der Waals surface area contributed by atoms with Crippen LogP contribution < -0.4 is 24.0 Å². The van der Waals surface area contributed by atoms with Gasteiger partial charge in [0, 0.05) is 0 Å². The molecule has 0 N–H and O–H groups in total. The van der Waals surface area contributed by atoms with Gasteiger partial charge < -0.3 is 5.11 Å². The van der Waals surface area contributed by atoms with Crippen LogP contribution in [0.2, 0.25) is 0 Å². The number of benzene rings is 1. The maximum absolute atomic E-state index is 10.5. The van der Waals surface area contributed by atoms with Crippen molar-refractivity contribution in [3.63, 3.8) is 0 Å².